The van der Waals surface area contributed by atoms with Crippen LogP contribution in [0.5, 0.6) is 0 Å². The average molecular weight is 284 g/mol. The molecule has 1 atom stereocenters. The van der Waals surface area contributed by atoms with E-state index >= 15 is 0 Å². The molecular weight excluding hydrogens is 268 g/mol. The molecule has 0 N–H and O–H groups in total. The van der Waals surface area contributed by atoms with E-state index in [9.17, 15) is 9.59 Å². The molecule has 21 heavy (non-hydrogen) atoms. The summed E-state index contributed by atoms with van der Waals surface area (Å²) in [5.41, 5.74) is 1.24. The van der Waals surface area contributed by atoms with Crippen LogP contribution in [-0.2, 0) is 14.3 Å². The van der Waals surface area contributed by atoms with Crippen molar-refractivity contribution in [2.75, 3.05) is 6.61 Å². The molecule has 0 fully saturated rings. The minimum Gasteiger partial charge on any atom is -0.462 e. The van der Waals surface area contributed by atoms with E-state index in [4.69, 9.17) is 9.47 Å². The van der Waals surface area contributed by atoms with E-state index in [0.29, 0.717) is 5.56 Å². The molecule has 108 valence electrons. The van der Waals surface area contributed by atoms with Crippen molar-refractivity contribution in [3.8, 4) is 0 Å². The summed E-state index contributed by atoms with van der Waals surface area (Å²) >= 11 is 0. The number of rotatable bonds is 5. The Morgan fingerprint density at radius 3 is 2.10 bits per heavy atom. The Bertz CT molecular complexity index is 593. The molecule has 2 rings (SSSR count). The Labute approximate surface area is 123 Å². The van der Waals surface area contributed by atoms with Gasteiger partial charge in [0.25, 0.3) is 0 Å². The summed E-state index contributed by atoms with van der Waals surface area (Å²) in [6.45, 7) is 1.32. The largest absolute Gasteiger partial charge is 0.462 e. The van der Waals surface area contributed by atoms with E-state index in [0.717, 1.165) is 5.56 Å². The molecule has 4 heteroatoms. The molecule has 2 aromatic carbocycles. The van der Waals surface area contributed by atoms with Crippen LogP contribution >= 0.6 is 0 Å². The summed E-state index contributed by atoms with van der Waals surface area (Å²) in [5.74, 6) is -0.858. The first-order valence-corrected chi connectivity index (χ1v) is 6.61. The van der Waals surface area contributed by atoms with Crippen molar-refractivity contribution in [2.45, 2.75) is 13.0 Å². The number of hydrogen-bond donors (Lipinski definition) is 0. The predicted octanol–water partition coefficient (Wildman–Crippen LogP) is 3.15. The first-order chi connectivity index (χ1) is 10.2. The highest BCUT2D eigenvalue weighted by atomic mass is 16.6. The van der Waals surface area contributed by atoms with Gasteiger partial charge in [0, 0.05) is 6.92 Å². The molecule has 1 unspecified atom stereocenters. The molecule has 0 aromatic heterocycles. The quantitative estimate of drug-likeness (QED) is 0.791. The number of esters is 2. The van der Waals surface area contributed by atoms with Gasteiger partial charge >= 0.3 is 11.9 Å². The van der Waals surface area contributed by atoms with Crippen LogP contribution in [0, 0.1) is 0 Å². The van der Waals surface area contributed by atoms with E-state index < -0.39 is 18.0 Å². The smallest absolute Gasteiger partial charge is 0.338 e. The van der Waals surface area contributed by atoms with Gasteiger partial charge in [-0.25, -0.2) is 4.79 Å². The van der Waals surface area contributed by atoms with Gasteiger partial charge < -0.3 is 9.47 Å². The first-order valence-electron chi connectivity index (χ1n) is 6.61. The number of benzene rings is 2. The van der Waals surface area contributed by atoms with Crippen LogP contribution in [0.1, 0.15) is 28.9 Å². The minimum absolute atomic E-state index is 0.00206. The third kappa shape index (κ3) is 4.45. The van der Waals surface area contributed by atoms with Crippen molar-refractivity contribution >= 4 is 11.9 Å². The molecule has 0 bridgehead atoms. The fourth-order valence-corrected chi connectivity index (χ4v) is 1.83. The summed E-state index contributed by atoms with van der Waals surface area (Å²) in [6, 6.07) is 17.9. The van der Waals surface area contributed by atoms with Crippen molar-refractivity contribution < 1.29 is 19.1 Å². The Hall–Kier alpha value is -2.62. The molecule has 0 aliphatic carbocycles. The number of ether oxygens (including phenoxy) is 2. The van der Waals surface area contributed by atoms with Crippen LogP contribution < -0.4 is 0 Å². The average Bonchev–Trinajstić information content (AvgIpc) is 2.52. The van der Waals surface area contributed by atoms with Gasteiger partial charge in [-0.05, 0) is 17.7 Å². The lowest BCUT2D eigenvalue weighted by Gasteiger charge is -2.18. The molecule has 0 heterocycles. The summed E-state index contributed by atoms with van der Waals surface area (Å²) < 4.78 is 10.4. The SMILES string of the molecule is CC(=O)OCC(OC(=O)c1ccccc1)c1ccccc1. The van der Waals surface area contributed by atoms with Crippen LogP contribution in [0.15, 0.2) is 60.7 Å². The van der Waals surface area contributed by atoms with Gasteiger partial charge in [-0.3, -0.25) is 4.79 Å². The van der Waals surface area contributed by atoms with E-state index in [-0.39, 0.29) is 6.61 Å². The summed E-state index contributed by atoms with van der Waals surface area (Å²) in [6.07, 6.45) is -0.622. The van der Waals surface area contributed by atoms with Crippen molar-refractivity contribution in [3.05, 3.63) is 71.8 Å². The lowest BCUT2D eigenvalue weighted by molar-refractivity contribution is -0.144. The summed E-state index contributed by atoms with van der Waals surface area (Å²) in [7, 11) is 0. The van der Waals surface area contributed by atoms with Crippen LogP contribution in [0.2, 0.25) is 0 Å². The minimum atomic E-state index is -0.622. The predicted molar refractivity (Wildman–Crippen MR) is 77.7 cm³/mol. The van der Waals surface area contributed by atoms with E-state index in [2.05, 4.69) is 0 Å². The molecule has 2 aromatic rings. The van der Waals surface area contributed by atoms with Crippen LogP contribution in [0.25, 0.3) is 0 Å². The van der Waals surface area contributed by atoms with E-state index in [1.807, 2.05) is 36.4 Å². The Balaban J connectivity index is 2.12. The number of hydrogen-bond acceptors (Lipinski definition) is 4. The molecule has 0 spiro atoms. The van der Waals surface area contributed by atoms with Crippen LogP contribution in [0.3, 0.4) is 0 Å². The Morgan fingerprint density at radius 1 is 0.952 bits per heavy atom. The second-order valence-electron chi connectivity index (χ2n) is 4.47. The highest BCUT2D eigenvalue weighted by Crippen LogP contribution is 2.19. The molecule has 0 aliphatic rings. The van der Waals surface area contributed by atoms with Crippen molar-refractivity contribution in [3.63, 3.8) is 0 Å². The molecule has 4 nitrogen and oxygen atoms in total. The molecule has 0 saturated heterocycles. The zero-order valence-electron chi connectivity index (χ0n) is 11.7. The molecular formula is C17H16O4. The van der Waals surface area contributed by atoms with Crippen molar-refractivity contribution in [1.29, 1.82) is 0 Å². The summed E-state index contributed by atoms with van der Waals surface area (Å²) in [4.78, 5) is 23.1. The van der Waals surface area contributed by atoms with Gasteiger partial charge in [-0.2, -0.15) is 0 Å². The highest BCUT2D eigenvalue weighted by Gasteiger charge is 2.19. The second kappa shape index (κ2) is 7.24. The maximum absolute atomic E-state index is 12.1. The van der Waals surface area contributed by atoms with Gasteiger partial charge in [0.05, 0.1) is 5.56 Å². The van der Waals surface area contributed by atoms with Gasteiger partial charge in [-0.15, -0.1) is 0 Å². The monoisotopic (exact) mass is 284 g/mol. The van der Waals surface area contributed by atoms with Crippen molar-refractivity contribution in [1.82, 2.24) is 0 Å². The zero-order chi connectivity index (χ0) is 15.1. The lowest BCUT2D eigenvalue weighted by Crippen LogP contribution is -2.18. The normalized spacial score (nSPS) is 11.5. The first kappa shape index (κ1) is 14.8. The fraction of sp³-hybridized carbons (Fsp3) is 0.176. The molecule has 0 saturated carbocycles. The maximum atomic E-state index is 12.1. The van der Waals surface area contributed by atoms with Crippen molar-refractivity contribution in [2.24, 2.45) is 0 Å². The fourth-order valence-electron chi connectivity index (χ4n) is 1.83. The zero-order valence-corrected chi connectivity index (χ0v) is 11.7. The van der Waals surface area contributed by atoms with E-state index in [1.54, 1.807) is 24.3 Å². The Kier molecular flexibility index (Phi) is 5.10. The number of carbonyl (C=O) groups excluding carboxylic acids is 2. The topological polar surface area (TPSA) is 52.6 Å². The van der Waals surface area contributed by atoms with Gasteiger partial charge in [0.2, 0.25) is 0 Å². The second-order valence-corrected chi connectivity index (χ2v) is 4.47. The Morgan fingerprint density at radius 2 is 1.52 bits per heavy atom. The summed E-state index contributed by atoms with van der Waals surface area (Å²) in [5, 5.41) is 0. The maximum Gasteiger partial charge on any atom is 0.338 e. The third-order valence-electron chi connectivity index (χ3n) is 2.87. The van der Waals surface area contributed by atoms with Gasteiger partial charge in [0.1, 0.15) is 6.61 Å². The standard InChI is InChI=1S/C17H16O4/c1-13(18)20-12-16(14-8-4-2-5-9-14)21-17(19)15-10-6-3-7-11-15/h2-11,16H,12H2,1H3. The van der Waals surface area contributed by atoms with Gasteiger partial charge in [-0.1, -0.05) is 48.5 Å². The van der Waals surface area contributed by atoms with E-state index in [1.165, 1.54) is 6.92 Å². The lowest BCUT2D eigenvalue weighted by atomic mass is 10.1. The van der Waals surface area contributed by atoms with Crippen LogP contribution in [0.4, 0.5) is 0 Å². The van der Waals surface area contributed by atoms with Gasteiger partial charge in [0.15, 0.2) is 6.10 Å². The van der Waals surface area contributed by atoms with Crippen LogP contribution in [-0.4, -0.2) is 18.5 Å². The molecule has 0 aliphatic heterocycles. The highest BCUT2D eigenvalue weighted by molar-refractivity contribution is 5.89. The third-order valence-corrected chi connectivity index (χ3v) is 2.87. The molecule has 0 amide bonds. The number of carbonyl (C=O) groups is 2. The molecule has 0 radical (unpaired) electrons.